The van der Waals surface area contributed by atoms with E-state index >= 15 is 0 Å². The lowest BCUT2D eigenvalue weighted by Crippen LogP contribution is -2.35. The number of benzene rings is 2. The van der Waals surface area contributed by atoms with Gasteiger partial charge in [-0.2, -0.15) is 9.97 Å². The van der Waals surface area contributed by atoms with Crippen molar-refractivity contribution in [1.82, 2.24) is 30.2 Å². The van der Waals surface area contributed by atoms with Crippen molar-refractivity contribution in [2.24, 2.45) is 0 Å². The van der Waals surface area contributed by atoms with Crippen LogP contribution in [-0.2, 0) is 4.74 Å². The summed E-state index contributed by atoms with van der Waals surface area (Å²) in [5.41, 5.74) is 2.33. The number of carbonyl (C=O) groups excluding carboxylic acids is 3. The van der Waals surface area contributed by atoms with Crippen LogP contribution in [0.15, 0.2) is 48.5 Å². The third kappa shape index (κ3) is 16.5. The first-order valence-electron chi connectivity index (χ1n) is 20.0. The average molecular weight is 919 g/mol. The van der Waals surface area contributed by atoms with Crippen LogP contribution in [0.4, 0.5) is 49.3 Å². The lowest BCUT2D eigenvalue weighted by atomic mass is 10.2. The summed E-state index contributed by atoms with van der Waals surface area (Å²) < 4.78 is 5.36. The average Bonchev–Trinajstić information content (AvgIpc) is 4.12. The highest BCUT2D eigenvalue weighted by Gasteiger charge is 2.28. The van der Waals surface area contributed by atoms with Gasteiger partial charge in [0, 0.05) is 62.0 Å². The third-order valence-corrected chi connectivity index (χ3v) is 10.4. The normalized spacial score (nSPS) is 13.3. The van der Waals surface area contributed by atoms with Gasteiger partial charge in [-0.15, -0.1) is 0 Å². The van der Waals surface area contributed by atoms with Gasteiger partial charge in [-0.25, -0.2) is 24.4 Å². The molecule has 0 atom stereocenters. The number of carbonyl (C=O) groups is 3. The van der Waals surface area contributed by atoms with Crippen molar-refractivity contribution < 1.29 is 19.1 Å². The molecule has 0 saturated heterocycles. The predicted molar refractivity (Wildman–Crippen MR) is 245 cm³/mol. The van der Waals surface area contributed by atoms with Crippen molar-refractivity contribution >= 4 is 99.5 Å². The zero-order valence-electron chi connectivity index (χ0n) is 34.7. The number of rotatable bonds is 16. The summed E-state index contributed by atoms with van der Waals surface area (Å²) in [5, 5.41) is 21.9. The fraction of sp³-hybridized carbons (Fsp3) is 0.439. The molecule has 16 nitrogen and oxygen atoms in total. The van der Waals surface area contributed by atoms with E-state index in [0.717, 1.165) is 56.6 Å². The minimum Gasteiger partial charge on any atom is -0.444 e. The molecule has 61 heavy (non-hydrogen) atoms. The highest BCUT2D eigenvalue weighted by Crippen LogP contribution is 2.41. The number of nitrogens with zero attached hydrogens (tertiary/aromatic N) is 5. The molecule has 2 aromatic carbocycles. The molecular formula is C41H52Cl4N12O4. The molecule has 0 radical (unpaired) electrons. The van der Waals surface area contributed by atoms with Crippen molar-refractivity contribution in [3.8, 4) is 0 Å². The Morgan fingerprint density at radius 1 is 0.656 bits per heavy atom. The number of ether oxygens (including phenoxy) is 1. The fourth-order valence-electron chi connectivity index (χ4n) is 5.52. The first-order chi connectivity index (χ1) is 29.0. The minimum atomic E-state index is -0.528. The molecule has 0 bridgehead atoms. The molecule has 0 aliphatic heterocycles. The van der Waals surface area contributed by atoms with Crippen LogP contribution in [-0.4, -0.2) is 88.9 Å². The van der Waals surface area contributed by atoms with Crippen molar-refractivity contribution in [2.45, 2.75) is 76.7 Å². The van der Waals surface area contributed by atoms with Crippen LogP contribution in [0, 0.1) is 0 Å². The number of aromatic nitrogens is 4. The molecule has 2 aliphatic carbocycles. The number of hydrogen-bond acceptors (Lipinski definition) is 11. The Bertz CT molecular complexity index is 2150. The van der Waals surface area contributed by atoms with E-state index in [1.165, 1.54) is 0 Å². The maximum atomic E-state index is 12.4. The van der Waals surface area contributed by atoms with Crippen LogP contribution < -0.4 is 37.2 Å². The van der Waals surface area contributed by atoms with Gasteiger partial charge in [0.2, 0.25) is 11.9 Å². The zero-order chi connectivity index (χ0) is 44.1. The zero-order valence-corrected chi connectivity index (χ0v) is 37.7. The minimum absolute atomic E-state index is 0.204. The van der Waals surface area contributed by atoms with Crippen LogP contribution in [0.3, 0.4) is 0 Å². The van der Waals surface area contributed by atoms with Crippen LogP contribution in [0.1, 0.15) is 82.5 Å². The number of nitrogens with one attached hydrogen (secondary N) is 7. The second kappa shape index (κ2) is 22.3. The summed E-state index contributed by atoms with van der Waals surface area (Å²) in [6, 6.07) is 12.6. The van der Waals surface area contributed by atoms with E-state index in [-0.39, 0.29) is 18.0 Å². The molecule has 328 valence electrons. The van der Waals surface area contributed by atoms with Gasteiger partial charge in [-0.3, -0.25) is 10.6 Å². The molecule has 2 saturated carbocycles. The molecule has 2 fully saturated rings. The van der Waals surface area contributed by atoms with E-state index in [1.807, 2.05) is 40.0 Å². The van der Waals surface area contributed by atoms with Gasteiger partial charge >= 0.3 is 18.2 Å². The van der Waals surface area contributed by atoms with Gasteiger partial charge in [0.05, 0.1) is 31.5 Å². The van der Waals surface area contributed by atoms with Crippen molar-refractivity contribution in [3.63, 3.8) is 0 Å². The van der Waals surface area contributed by atoms with Gasteiger partial charge in [-0.05, 0) is 109 Å². The van der Waals surface area contributed by atoms with Crippen LogP contribution in [0.2, 0.25) is 20.1 Å². The number of hydrogen-bond donors (Lipinski definition) is 7. The molecule has 7 N–H and O–H groups in total. The number of urea groups is 2. The molecular weight excluding hydrogens is 866 g/mol. The highest BCUT2D eigenvalue weighted by molar-refractivity contribution is 6.42. The van der Waals surface area contributed by atoms with E-state index in [2.05, 4.69) is 57.2 Å². The molecule has 2 heterocycles. The highest BCUT2D eigenvalue weighted by atomic mass is 35.5. The number of anilines is 6. The summed E-state index contributed by atoms with van der Waals surface area (Å²) in [4.78, 5) is 56.1. The van der Waals surface area contributed by atoms with Gasteiger partial charge in [0.15, 0.2) is 0 Å². The molecule has 2 aliphatic rings. The molecule has 0 unspecified atom stereocenters. The second-order valence-corrected chi connectivity index (χ2v) is 17.2. The first-order valence-corrected chi connectivity index (χ1v) is 21.5. The molecule has 20 heteroatoms. The summed E-state index contributed by atoms with van der Waals surface area (Å²) in [5.74, 6) is 2.63. The maximum absolute atomic E-state index is 12.4. The molecule has 6 rings (SSSR count). The van der Waals surface area contributed by atoms with E-state index in [4.69, 9.17) is 51.1 Å². The van der Waals surface area contributed by atoms with Crippen LogP contribution in [0.5, 0.6) is 0 Å². The van der Waals surface area contributed by atoms with Crippen molar-refractivity contribution in [1.29, 1.82) is 0 Å². The van der Waals surface area contributed by atoms with Gasteiger partial charge < -0.3 is 36.2 Å². The molecule has 5 amide bonds. The summed E-state index contributed by atoms with van der Waals surface area (Å²) in [7, 11) is 3.63. The monoisotopic (exact) mass is 916 g/mol. The summed E-state index contributed by atoms with van der Waals surface area (Å²) in [6.45, 7) is 8.33. The SMILES string of the molecule is CN(CCCNc1cc(C2CC2)nc(NC(=O)Nc2ccc(Cl)c(Cl)c2)n1)C(=O)OC(C)(C)C.CNCCCNc1cc(C2CC2)nc(NC(=O)Nc2ccc(Cl)c(Cl)c2)n1. The first kappa shape index (κ1) is 47.2. The van der Waals surface area contributed by atoms with Gasteiger partial charge in [0.1, 0.15) is 17.2 Å². The number of halogens is 4. The lowest BCUT2D eigenvalue weighted by molar-refractivity contribution is 0.0298. The Morgan fingerprint density at radius 3 is 1.52 bits per heavy atom. The van der Waals surface area contributed by atoms with E-state index in [1.54, 1.807) is 48.3 Å². The van der Waals surface area contributed by atoms with Gasteiger partial charge in [-0.1, -0.05) is 46.4 Å². The van der Waals surface area contributed by atoms with E-state index < -0.39 is 17.7 Å². The van der Waals surface area contributed by atoms with Crippen LogP contribution in [0.25, 0.3) is 0 Å². The smallest absolute Gasteiger partial charge is 0.410 e. The Morgan fingerprint density at radius 2 is 1.11 bits per heavy atom. The maximum Gasteiger partial charge on any atom is 0.410 e. The topological polar surface area (TPSA) is 199 Å². The van der Waals surface area contributed by atoms with Crippen molar-refractivity contribution in [2.75, 3.05) is 72.2 Å². The largest absolute Gasteiger partial charge is 0.444 e. The van der Waals surface area contributed by atoms with Gasteiger partial charge in [0.25, 0.3) is 0 Å². The second-order valence-electron chi connectivity index (χ2n) is 15.5. The summed E-state index contributed by atoms with van der Waals surface area (Å²) in [6.07, 6.45) is 5.66. The Hall–Kier alpha value is -4.87. The third-order valence-electron chi connectivity index (χ3n) is 8.88. The van der Waals surface area contributed by atoms with Crippen molar-refractivity contribution in [3.05, 3.63) is 80.0 Å². The Labute approximate surface area is 376 Å². The Kier molecular flexibility index (Phi) is 17.2. The van der Waals surface area contributed by atoms with Crippen LogP contribution >= 0.6 is 46.4 Å². The Balaban J connectivity index is 0.000000237. The van der Waals surface area contributed by atoms with E-state index in [0.29, 0.717) is 74.4 Å². The fourth-order valence-corrected chi connectivity index (χ4v) is 6.12. The molecule has 4 aromatic rings. The molecule has 0 spiro atoms. The quantitative estimate of drug-likeness (QED) is 0.0528. The predicted octanol–water partition coefficient (Wildman–Crippen LogP) is 10.3. The lowest BCUT2D eigenvalue weighted by Gasteiger charge is -2.24. The number of amides is 5. The summed E-state index contributed by atoms with van der Waals surface area (Å²) >= 11 is 23.8. The molecule has 2 aromatic heterocycles. The van der Waals surface area contributed by atoms with E-state index in [9.17, 15) is 14.4 Å². The standard InChI is InChI=1S/C23H30Cl2N6O3.C18H22Cl2N6O/c1-23(2,3)34-22(33)31(4)11-5-10-26-19-13-18(14-6-7-14)28-20(29-19)30-21(32)27-15-8-9-16(24)17(25)12-15;1-21-7-2-8-22-16-10-15(11-3-4-11)24-17(25-16)26-18(27)23-12-5-6-13(19)14(20)9-12/h8-9,12-14H,5-7,10-11H2,1-4H3,(H3,26,27,28,29,30,32);5-6,9-11,21H,2-4,7-8H2,1H3,(H3,22,23,24,25,26,27).